The van der Waals surface area contributed by atoms with E-state index in [2.05, 4.69) is 160 Å². The van der Waals surface area contributed by atoms with Gasteiger partial charge in [-0.3, -0.25) is 9.55 Å². The number of hydrogen-bond acceptors (Lipinski definition) is 3. The maximum atomic E-state index is 5.34. The van der Waals surface area contributed by atoms with Gasteiger partial charge in [0.2, 0.25) is 5.95 Å². The number of rotatable bonds is 4. The second-order valence-electron chi connectivity index (χ2n) is 13.3. The van der Waals surface area contributed by atoms with Crippen LogP contribution in [0.15, 0.2) is 176 Å². The average molecular weight is 664 g/mol. The lowest BCUT2D eigenvalue weighted by atomic mass is 10.0. The van der Waals surface area contributed by atoms with Crippen LogP contribution >= 0.6 is 0 Å². The Labute approximate surface area is 298 Å². The summed E-state index contributed by atoms with van der Waals surface area (Å²) in [5.74, 6) is 0.648. The van der Waals surface area contributed by atoms with E-state index in [1.54, 1.807) is 0 Å². The van der Waals surface area contributed by atoms with Crippen LogP contribution in [0, 0.1) is 0 Å². The maximum Gasteiger partial charge on any atom is 0.235 e. The van der Waals surface area contributed by atoms with E-state index < -0.39 is 0 Å². The molecule has 52 heavy (non-hydrogen) atoms. The summed E-state index contributed by atoms with van der Waals surface area (Å²) in [6.45, 7) is 0. The van der Waals surface area contributed by atoms with Crippen molar-refractivity contribution in [2.24, 2.45) is 0 Å². The first kappa shape index (κ1) is 28.7. The first-order chi connectivity index (χ1) is 25.8. The lowest BCUT2D eigenvalue weighted by Crippen LogP contribution is -2.03. The number of nitrogens with zero attached hydrogens (tertiary/aromatic N) is 5. The SMILES string of the molecule is c1ccc(-c2ccc(-c3nc(-n4c5ccccc5c5c6ccc(-n7c8ccccc8c8ccccc87)cc6ccc54)nc4ccccc34)cc2)nc1. The largest absolute Gasteiger partial charge is 0.309 e. The monoisotopic (exact) mass is 663 g/mol. The smallest absolute Gasteiger partial charge is 0.235 e. The normalized spacial score (nSPS) is 11.8. The fourth-order valence-corrected chi connectivity index (χ4v) is 8.06. The summed E-state index contributed by atoms with van der Waals surface area (Å²) in [4.78, 5) is 15.1. The molecule has 0 radical (unpaired) electrons. The third-order valence-electron chi connectivity index (χ3n) is 10.4. The number of pyridine rings is 1. The summed E-state index contributed by atoms with van der Waals surface area (Å²) in [7, 11) is 0. The second-order valence-corrected chi connectivity index (χ2v) is 13.3. The predicted molar refractivity (Wildman–Crippen MR) is 214 cm³/mol. The Bertz CT molecular complexity index is 3120. The molecule has 4 aromatic heterocycles. The third kappa shape index (κ3) is 4.26. The molecule has 5 nitrogen and oxygen atoms in total. The molecule has 5 heteroatoms. The minimum absolute atomic E-state index is 0.648. The minimum atomic E-state index is 0.648. The topological polar surface area (TPSA) is 48.5 Å². The van der Waals surface area contributed by atoms with Crippen LogP contribution in [0.4, 0.5) is 0 Å². The van der Waals surface area contributed by atoms with Gasteiger partial charge in [-0.05, 0) is 65.4 Å². The van der Waals surface area contributed by atoms with Crippen molar-refractivity contribution in [3.05, 3.63) is 176 Å². The number of hydrogen-bond donors (Lipinski definition) is 0. The van der Waals surface area contributed by atoms with Gasteiger partial charge in [0.05, 0.1) is 39.0 Å². The highest BCUT2D eigenvalue weighted by Gasteiger charge is 2.19. The number of para-hydroxylation sites is 4. The van der Waals surface area contributed by atoms with Crippen LogP contribution in [0.5, 0.6) is 0 Å². The van der Waals surface area contributed by atoms with Gasteiger partial charge in [-0.2, -0.15) is 0 Å². The van der Waals surface area contributed by atoms with E-state index in [4.69, 9.17) is 9.97 Å². The summed E-state index contributed by atoms with van der Waals surface area (Å²) in [6.07, 6.45) is 1.83. The van der Waals surface area contributed by atoms with Gasteiger partial charge in [0, 0.05) is 49.9 Å². The molecular formula is C47H29N5. The molecule has 0 aliphatic rings. The minimum Gasteiger partial charge on any atom is -0.309 e. The van der Waals surface area contributed by atoms with E-state index in [9.17, 15) is 0 Å². The molecule has 0 bridgehead atoms. The molecule has 0 atom stereocenters. The molecule has 0 saturated carbocycles. The van der Waals surface area contributed by atoms with Crippen molar-refractivity contribution in [1.29, 1.82) is 0 Å². The number of benzene rings is 7. The molecule has 0 unspecified atom stereocenters. The van der Waals surface area contributed by atoms with Crippen LogP contribution in [0.2, 0.25) is 0 Å². The molecule has 0 aliphatic carbocycles. The summed E-state index contributed by atoms with van der Waals surface area (Å²) < 4.78 is 4.61. The van der Waals surface area contributed by atoms with Gasteiger partial charge >= 0.3 is 0 Å². The summed E-state index contributed by atoms with van der Waals surface area (Å²) in [5.41, 5.74) is 10.5. The summed E-state index contributed by atoms with van der Waals surface area (Å²) >= 11 is 0. The van der Waals surface area contributed by atoms with Crippen LogP contribution in [0.25, 0.3) is 99.4 Å². The number of aromatic nitrogens is 5. The van der Waals surface area contributed by atoms with E-state index in [0.717, 1.165) is 50.1 Å². The Morgan fingerprint density at radius 3 is 1.77 bits per heavy atom. The lowest BCUT2D eigenvalue weighted by Gasteiger charge is -2.12. The first-order valence-electron chi connectivity index (χ1n) is 17.5. The van der Waals surface area contributed by atoms with Gasteiger partial charge in [-0.25, -0.2) is 9.97 Å². The van der Waals surface area contributed by atoms with Crippen molar-refractivity contribution < 1.29 is 0 Å². The lowest BCUT2D eigenvalue weighted by molar-refractivity contribution is 1.01. The molecular weight excluding hydrogens is 635 g/mol. The molecule has 0 fully saturated rings. The van der Waals surface area contributed by atoms with Crippen molar-refractivity contribution in [3.8, 4) is 34.2 Å². The highest BCUT2D eigenvalue weighted by atomic mass is 15.2. The zero-order valence-electron chi connectivity index (χ0n) is 28.0. The molecule has 11 aromatic rings. The Kier molecular flexibility index (Phi) is 6.18. The van der Waals surface area contributed by atoms with Gasteiger partial charge in [0.15, 0.2) is 0 Å². The number of fused-ring (bicyclic) bond motifs is 9. The van der Waals surface area contributed by atoms with E-state index in [1.165, 1.54) is 43.4 Å². The summed E-state index contributed by atoms with van der Waals surface area (Å²) in [6, 6.07) is 60.0. The fourth-order valence-electron chi connectivity index (χ4n) is 8.06. The molecule has 0 aliphatic heterocycles. The van der Waals surface area contributed by atoms with Gasteiger partial charge in [0.1, 0.15) is 0 Å². The van der Waals surface area contributed by atoms with Crippen molar-refractivity contribution in [1.82, 2.24) is 24.1 Å². The van der Waals surface area contributed by atoms with E-state index >= 15 is 0 Å². The van der Waals surface area contributed by atoms with E-state index in [1.807, 2.05) is 30.5 Å². The van der Waals surface area contributed by atoms with Gasteiger partial charge in [-0.15, -0.1) is 0 Å². The van der Waals surface area contributed by atoms with Gasteiger partial charge in [-0.1, -0.05) is 115 Å². The molecule has 0 saturated heterocycles. The average Bonchev–Trinajstić information content (AvgIpc) is 3.74. The Balaban J connectivity index is 1.12. The van der Waals surface area contributed by atoms with E-state index in [0.29, 0.717) is 5.95 Å². The van der Waals surface area contributed by atoms with Crippen molar-refractivity contribution >= 4 is 65.3 Å². The highest BCUT2D eigenvalue weighted by Crippen LogP contribution is 2.39. The van der Waals surface area contributed by atoms with Crippen molar-refractivity contribution in [2.45, 2.75) is 0 Å². The first-order valence-corrected chi connectivity index (χ1v) is 17.5. The maximum absolute atomic E-state index is 5.34. The molecule has 0 amide bonds. The Hall–Kier alpha value is -7.11. The predicted octanol–water partition coefficient (Wildman–Crippen LogP) is 11.7. The molecule has 11 rings (SSSR count). The Morgan fingerprint density at radius 2 is 1.04 bits per heavy atom. The van der Waals surface area contributed by atoms with Crippen molar-refractivity contribution in [3.63, 3.8) is 0 Å². The zero-order chi connectivity index (χ0) is 34.2. The van der Waals surface area contributed by atoms with Crippen LogP contribution in [-0.2, 0) is 0 Å². The quantitative estimate of drug-likeness (QED) is 0.188. The van der Waals surface area contributed by atoms with Crippen LogP contribution in [0.1, 0.15) is 0 Å². The highest BCUT2D eigenvalue weighted by molar-refractivity contribution is 6.21. The van der Waals surface area contributed by atoms with Crippen LogP contribution in [-0.4, -0.2) is 24.1 Å². The molecule has 4 heterocycles. The van der Waals surface area contributed by atoms with Crippen LogP contribution < -0.4 is 0 Å². The molecule has 0 spiro atoms. The third-order valence-corrected chi connectivity index (χ3v) is 10.4. The standard InChI is InChI=1S/C47H29N5/c1-5-16-40-37(13-1)46(31-22-20-30(21-23-31)39-15-9-10-28-48-39)50-47(49-40)52-43-19-8-4-14-38(43)45-34-26-25-33(29-32(34)24-27-44(45)52)51-41-17-6-2-11-35(41)36-12-3-7-18-42(36)51/h1-29H. The van der Waals surface area contributed by atoms with Gasteiger partial charge in [0.25, 0.3) is 0 Å². The van der Waals surface area contributed by atoms with Crippen molar-refractivity contribution in [2.75, 3.05) is 0 Å². The fraction of sp³-hybridized carbons (Fsp3) is 0. The molecule has 7 aromatic carbocycles. The second kappa shape index (κ2) is 11.2. The van der Waals surface area contributed by atoms with E-state index in [-0.39, 0.29) is 0 Å². The zero-order valence-corrected chi connectivity index (χ0v) is 28.0. The molecule has 0 N–H and O–H groups in total. The van der Waals surface area contributed by atoms with Crippen LogP contribution in [0.3, 0.4) is 0 Å². The summed E-state index contributed by atoms with van der Waals surface area (Å²) in [5, 5.41) is 8.28. The molecule has 242 valence electrons. The Morgan fingerprint density at radius 1 is 0.404 bits per heavy atom. The van der Waals surface area contributed by atoms with Gasteiger partial charge < -0.3 is 4.57 Å².